The molecule has 2 nitrogen and oxygen atoms in total. The normalized spacial score (nSPS) is 12.8. The Morgan fingerprint density at radius 3 is 1.73 bits per heavy atom. The molecule has 0 saturated carbocycles. The van der Waals surface area contributed by atoms with Gasteiger partial charge in [0.05, 0.1) is 16.8 Å². The Balaban J connectivity index is 1.08. The number of fused-ring (bicyclic) bond motifs is 7. The van der Waals surface area contributed by atoms with Gasteiger partial charge in [0.1, 0.15) is 0 Å². The molecule has 1 aliphatic rings. The third kappa shape index (κ3) is 5.33. The quantitative estimate of drug-likeness (QED) is 0.168. The lowest BCUT2D eigenvalue weighted by molar-refractivity contribution is 0.769. The molecule has 2 heterocycles. The van der Waals surface area contributed by atoms with Crippen LogP contribution in [0.25, 0.3) is 87.1 Å². The Morgan fingerprint density at radius 1 is 0.350 bits per heavy atom. The van der Waals surface area contributed by atoms with Gasteiger partial charge in [0, 0.05) is 36.9 Å². The third-order valence-corrected chi connectivity index (χ3v) is 13.5. The van der Waals surface area contributed by atoms with E-state index >= 15 is 0 Å². The van der Waals surface area contributed by atoms with Crippen LogP contribution in [0, 0.1) is 0 Å². The molecule has 11 aromatic rings. The fourth-order valence-corrected chi connectivity index (χ4v) is 10.8. The number of benzene rings is 9. The lowest BCUT2D eigenvalue weighted by atomic mass is 9.66. The smallest absolute Gasteiger partial charge is 0.161 e. The molecule has 60 heavy (non-hydrogen) atoms. The van der Waals surface area contributed by atoms with Crippen LogP contribution in [0.3, 0.4) is 0 Å². The number of nitrogens with zero attached hydrogens (tertiary/aromatic N) is 2. The first-order chi connectivity index (χ1) is 29.7. The molecule has 0 spiro atoms. The van der Waals surface area contributed by atoms with Crippen molar-refractivity contribution in [3.63, 3.8) is 0 Å². The van der Waals surface area contributed by atoms with Crippen LogP contribution in [0.4, 0.5) is 0 Å². The Bertz CT molecular complexity index is 3380. The van der Waals surface area contributed by atoms with E-state index in [9.17, 15) is 0 Å². The van der Waals surface area contributed by atoms with Crippen LogP contribution in [-0.4, -0.2) is 9.97 Å². The zero-order chi connectivity index (χ0) is 39.6. The molecule has 3 heteroatoms. The van der Waals surface area contributed by atoms with Crippen molar-refractivity contribution in [2.75, 3.05) is 0 Å². The van der Waals surface area contributed by atoms with Crippen LogP contribution in [0.15, 0.2) is 218 Å². The fourth-order valence-electron chi connectivity index (χ4n) is 9.73. The molecular weight excluding hydrogens is 745 g/mol. The van der Waals surface area contributed by atoms with E-state index in [1.54, 1.807) is 0 Å². The topological polar surface area (TPSA) is 25.8 Å². The van der Waals surface area contributed by atoms with Crippen LogP contribution >= 0.6 is 11.3 Å². The molecular formula is C57H36N2S. The lowest BCUT2D eigenvalue weighted by Crippen LogP contribution is -2.29. The number of hydrogen-bond acceptors (Lipinski definition) is 3. The summed E-state index contributed by atoms with van der Waals surface area (Å²) < 4.78 is 2.63. The van der Waals surface area contributed by atoms with Crippen LogP contribution in [-0.2, 0) is 5.41 Å². The third-order valence-electron chi connectivity index (χ3n) is 12.4. The van der Waals surface area contributed by atoms with Crippen molar-refractivity contribution in [3.8, 4) is 56.2 Å². The van der Waals surface area contributed by atoms with Gasteiger partial charge < -0.3 is 0 Å². The fraction of sp³-hybridized carbons (Fsp3) is 0.0175. The minimum absolute atomic E-state index is 0.577. The van der Waals surface area contributed by atoms with E-state index in [0.717, 1.165) is 38.9 Å². The lowest BCUT2D eigenvalue weighted by Gasteiger charge is -2.35. The monoisotopic (exact) mass is 780 g/mol. The molecule has 0 amide bonds. The molecule has 0 fully saturated rings. The first-order valence-electron chi connectivity index (χ1n) is 20.5. The molecule has 0 atom stereocenters. The summed E-state index contributed by atoms with van der Waals surface area (Å²) in [6.45, 7) is 0. The van der Waals surface area contributed by atoms with E-state index < -0.39 is 5.41 Å². The summed E-state index contributed by atoms with van der Waals surface area (Å²) >= 11 is 1.85. The van der Waals surface area contributed by atoms with Gasteiger partial charge >= 0.3 is 0 Å². The molecule has 0 radical (unpaired) electrons. The molecule has 0 bridgehead atoms. The van der Waals surface area contributed by atoms with Crippen molar-refractivity contribution in [3.05, 3.63) is 241 Å². The van der Waals surface area contributed by atoms with Crippen molar-refractivity contribution in [2.45, 2.75) is 5.41 Å². The van der Waals surface area contributed by atoms with Crippen molar-refractivity contribution < 1.29 is 0 Å². The highest BCUT2D eigenvalue weighted by Crippen LogP contribution is 2.58. The molecule has 0 unspecified atom stereocenters. The Hall–Kier alpha value is -7.46. The molecule has 0 saturated heterocycles. The summed E-state index contributed by atoms with van der Waals surface area (Å²) in [6, 6.07) is 79.2. The van der Waals surface area contributed by atoms with Gasteiger partial charge in [-0.3, -0.25) is 0 Å². The molecule has 12 rings (SSSR count). The second-order valence-corrected chi connectivity index (χ2v) is 16.7. The van der Waals surface area contributed by atoms with E-state index in [1.165, 1.54) is 64.7 Å². The second-order valence-electron chi connectivity index (χ2n) is 15.6. The minimum atomic E-state index is -0.577. The predicted molar refractivity (Wildman–Crippen MR) is 251 cm³/mol. The van der Waals surface area contributed by atoms with Gasteiger partial charge in [-0.15, -0.1) is 11.3 Å². The minimum Gasteiger partial charge on any atom is -0.228 e. The Labute approximate surface area is 352 Å². The largest absolute Gasteiger partial charge is 0.228 e. The number of thiophene rings is 1. The van der Waals surface area contributed by atoms with E-state index in [2.05, 4.69) is 218 Å². The Morgan fingerprint density at radius 2 is 0.917 bits per heavy atom. The molecule has 0 N–H and O–H groups in total. The summed E-state index contributed by atoms with van der Waals surface area (Å²) in [5.74, 6) is 0.705. The average molecular weight is 781 g/mol. The molecule has 280 valence electrons. The molecule has 9 aromatic carbocycles. The predicted octanol–water partition coefficient (Wildman–Crippen LogP) is 15.0. The Kier molecular flexibility index (Phi) is 7.97. The van der Waals surface area contributed by atoms with Crippen LogP contribution in [0.1, 0.15) is 22.3 Å². The van der Waals surface area contributed by atoms with Gasteiger partial charge in [-0.05, 0) is 79.5 Å². The van der Waals surface area contributed by atoms with Crippen molar-refractivity contribution in [1.29, 1.82) is 0 Å². The van der Waals surface area contributed by atoms with Crippen molar-refractivity contribution in [2.24, 2.45) is 0 Å². The van der Waals surface area contributed by atoms with Crippen LogP contribution < -0.4 is 0 Å². The number of aromatic nitrogens is 2. The van der Waals surface area contributed by atoms with Crippen LogP contribution in [0.2, 0.25) is 0 Å². The average Bonchev–Trinajstić information content (AvgIpc) is 3.85. The summed E-state index contributed by atoms with van der Waals surface area (Å²) in [5.41, 5.74) is 14.2. The SMILES string of the molecule is c1ccc(C2(c3ccccc3)c3ccccc3-c3cccc(-c4cc(-c5ccc(-c6ccc7sc8ccccc8c7c6)cc5)nc(-c5cccc6ccccc56)n4)c32)cc1. The summed E-state index contributed by atoms with van der Waals surface area (Å²) in [6.07, 6.45) is 0. The van der Waals surface area contributed by atoms with E-state index in [1.807, 2.05) is 11.3 Å². The second kappa shape index (κ2) is 13.8. The highest BCUT2D eigenvalue weighted by molar-refractivity contribution is 7.25. The van der Waals surface area contributed by atoms with Gasteiger partial charge in [-0.1, -0.05) is 194 Å². The highest BCUT2D eigenvalue weighted by Gasteiger charge is 2.47. The summed E-state index contributed by atoms with van der Waals surface area (Å²) in [4.78, 5) is 10.9. The first kappa shape index (κ1) is 34.6. The van der Waals surface area contributed by atoms with E-state index in [-0.39, 0.29) is 0 Å². The van der Waals surface area contributed by atoms with Gasteiger partial charge in [0.25, 0.3) is 0 Å². The number of rotatable bonds is 6. The van der Waals surface area contributed by atoms with Crippen molar-refractivity contribution in [1.82, 2.24) is 9.97 Å². The standard InChI is InChI=1S/C57H36N2S/c1-3-17-41(18-4-1)57(42-19-5-2-6-20-42)50-27-11-9-22-44(50)46-24-14-26-48(55(46)57)52-36-51(58-56(59-52)47-25-13-16-38-15-7-8-21-43(38)47)39-31-29-37(30-32-39)40-33-34-54-49(35-40)45-23-10-12-28-53(45)60-54/h1-36H. The highest BCUT2D eigenvalue weighted by atomic mass is 32.1. The maximum Gasteiger partial charge on any atom is 0.161 e. The van der Waals surface area contributed by atoms with Gasteiger partial charge in [-0.25, -0.2) is 9.97 Å². The van der Waals surface area contributed by atoms with Crippen LogP contribution in [0.5, 0.6) is 0 Å². The van der Waals surface area contributed by atoms with Gasteiger partial charge in [0.2, 0.25) is 0 Å². The maximum absolute atomic E-state index is 5.55. The summed E-state index contributed by atoms with van der Waals surface area (Å²) in [7, 11) is 0. The molecule has 0 aliphatic heterocycles. The van der Waals surface area contributed by atoms with E-state index in [0.29, 0.717) is 5.82 Å². The van der Waals surface area contributed by atoms with E-state index in [4.69, 9.17) is 9.97 Å². The van der Waals surface area contributed by atoms with Gasteiger partial charge in [-0.2, -0.15) is 0 Å². The zero-order valence-corrected chi connectivity index (χ0v) is 33.4. The molecule has 1 aliphatic carbocycles. The number of hydrogen-bond donors (Lipinski definition) is 0. The van der Waals surface area contributed by atoms with Gasteiger partial charge in [0.15, 0.2) is 5.82 Å². The van der Waals surface area contributed by atoms with Crippen molar-refractivity contribution >= 4 is 42.3 Å². The maximum atomic E-state index is 5.55. The summed E-state index contributed by atoms with van der Waals surface area (Å²) in [5, 5.41) is 4.90. The zero-order valence-electron chi connectivity index (χ0n) is 32.6. The molecule has 2 aromatic heterocycles. The first-order valence-corrected chi connectivity index (χ1v) is 21.3.